The number of rotatable bonds is 9. The SMILES string of the molecule is C[C@H](NC(=O)C(C)(F)F)[C@H](Oc1ccc2c(cnn2-c2cccc(C(=O)N[C@H]3CCOC3)c2)c1)c1ccc2c(c1)OOCC2. The molecule has 3 aromatic carbocycles. The number of carbonyl (C=O) groups is 2. The Morgan fingerprint density at radius 1 is 1.11 bits per heavy atom. The van der Waals surface area contributed by atoms with Crippen LogP contribution >= 0.6 is 0 Å². The fraction of sp³-hybridized carbons (Fsp3) is 0.344. The molecule has 3 heterocycles. The molecule has 2 aliphatic rings. The van der Waals surface area contributed by atoms with Crippen LogP contribution in [0.1, 0.15) is 47.9 Å². The Kier molecular flexibility index (Phi) is 8.19. The minimum atomic E-state index is -3.55. The summed E-state index contributed by atoms with van der Waals surface area (Å²) in [5.41, 5.74) is 3.53. The van der Waals surface area contributed by atoms with Gasteiger partial charge in [-0.15, -0.1) is 0 Å². The van der Waals surface area contributed by atoms with Crippen molar-refractivity contribution in [2.24, 2.45) is 0 Å². The van der Waals surface area contributed by atoms with Crippen LogP contribution in [-0.2, 0) is 20.8 Å². The highest BCUT2D eigenvalue weighted by Gasteiger charge is 2.35. The number of fused-ring (bicyclic) bond motifs is 2. The van der Waals surface area contributed by atoms with Crippen LogP contribution in [-0.4, -0.2) is 59.4 Å². The van der Waals surface area contributed by atoms with Gasteiger partial charge in [0.15, 0.2) is 5.75 Å². The lowest BCUT2D eigenvalue weighted by atomic mass is 9.99. The molecule has 1 fully saturated rings. The summed E-state index contributed by atoms with van der Waals surface area (Å²) < 4.78 is 40.9. The van der Waals surface area contributed by atoms with Crippen LogP contribution < -0.4 is 20.3 Å². The number of amides is 2. The molecule has 1 saturated heterocycles. The Morgan fingerprint density at radius 3 is 2.77 bits per heavy atom. The third-order valence-corrected chi connectivity index (χ3v) is 7.66. The number of carbonyl (C=O) groups excluding carboxylic acids is 2. The van der Waals surface area contributed by atoms with Crippen LogP contribution in [0.3, 0.4) is 0 Å². The molecule has 3 atom stereocenters. The molecule has 6 rings (SSSR count). The maximum atomic E-state index is 13.7. The molecule has 0 spiro atoms. The topological polar surface area (TPSA) is 113 Å². The third-order valence-electron chi connectivity index (χ3n) is 7.66. The molecule has 0 radical (unpaired) electrons. The predicted molar refractivity (Wildman–Crippen MR) is 156 cm³/mol. The Hall–Kier alpha value is -4.55. The van der Waals surface area contributed by atoms with E-state index < -0.39 is 24.0 Å². The largest absolute Gasteiger partial charge is 0.484 e. The molecule has 12 heteroatoms. The van der Waals surface area contributed by atoms with E-state index in [4.69, 9.17) is 19.2 Å². The first kappa shape index (κ1) is 29.5. The Labute approximate surface area is 252 Å². The fourth-order valence-electron chi connectivity index (χ4n) is 5.29. The zero-order chi connectivity index (χ0) is 30.8. The Balaban J connectivity index is 1.26. The number of aromatic nitrogens is 2. The van der Waals surface area contributed by atoms with Crippen molar-refractivity contribution in [1.82, 2.24) is 20.4 Å². The van der Waals surface area contributed by atoms with Gasteiger partial charge in [0.05, 0.1) is 42.7 Å². The van der Waals surface area contributed by atoms with Gasteiger partial charge in [0.25, 0.3) is 11.8 Å². The Morgan fingerprint density at radius 2 is 1.98 bits per heavy atom. The molecule has 2 aliphatic heterocycles. The highest BCUT2D eigenvalue weighted by Crippen LogP contribution is 2.33. The summed E-state index contributed by atoms with van der Waals surface area (Å²) in [7, 11) is 0. The highest BCUT2D eigenvalue weighted by molar-refractivity contribution is 5.95. The second kappa shape index (κ2) is 12.2. The van der Waals surface area contributed by atoms with Gasteiger partial charge in [-0.2, -0.15) is 18.8 Å². The van der Waals surface area contributed by atoms with Gasteiger partial charge < -0.3 is 25.0 Å². The summed E-state index contributed by atoms with van der Waals surface area (Å²) in [6, 6.07) is 17.1. The van der Waals surface area contributed by atoms with Crippen molar-refractivity contribution in [2.75, 3.05) is 19.8 Å². The molecule has 44 heavy (non-hydrogen) atoms. The lowest BCUT2D eigenvalue weighted by Crippen LogP contribution is -2.46. The van der Waals surface area contributed by atoms with Crippen LogP contribution in [0.2, 0.25) is 0 Å². The van der Waals surface area contributed by atoms with E-state index in [0.29, 0.717) is 61.5 Å². The second-order valence-electron chi connectivity index (χ2n) is 11.1. The average Bonchev–Trinajstić information content (AvgIpc) is 3.69. The molecule has 0 aliphatic carbocycles. The van der Waals surface area contributed by atoms with Gasteiger partial charge in [0.2, 0.25) is 0 Å². The van der Waals surface area contributed by atoms with E-state index in [2.05, 4.69) is 15.7 Å². The van der Waals surface area contributed by atoms with E-state index in [1.165, 1.54) is 0 Å². The summed E-state index contributed by atoms with van der Waals surface area (Å²) in [6.45, 7) is 3.71. The summed E-state index contributed by atoms with van der Waals surface area (Å²) in [5.74, 6) is -4.19. The fourth-order valence-corrected chi connectivity index (χ4v) is 5.29. The molecule has 2 amide bonds. The summed E-state index contributed by atoms with van der Waals surface area (Å²) in [4.78, 5) is 35.4. The van der Waals surface area contributed by atoms with Gasteiger partial charge in [-0.1, -0.05) is 18.2 Å². The number of ether oxygens (including phenoxy) is 2. The first-order valence-electron chi connectivity index (χ1n) is 14.4. The molecule has 1 aromatic heterocycles. The van der Waals surface area contributed by atoms with E-state index >= 15 is 0 Å². The molecule has 230 valence electrons. The van der Waals surface area contributed by atoms with Crippen LogP contribution in [0.25, 0.3) is 16.6 Å². The van der Waals surface area contributed by atoms with Gasteiger partial charge in [-0.25, -0.2) is 4.68 Å². The van der Waals surface area contributed by atoms with Gasteiger partial charge in [-0.05, 0) is 61.4 Å². The maximum absolute atomic E-state index is 13.7. The zero-order valence-corrected chi connectivity index (χ0v) is 24.2. The number of nitrogens with zero attached hydrogens (tertiary/aromatic N) is 2. The second-order valence-corrected chi connectivity index (χ2v) is 11.1. The molecule has 2 N–H and O–H groups in total. The standard InChI is InChI=1S/C32H32F2N4O6/c1-19(36-31(40)32(2,33)34)29(21-7-6-20-10-13-42-44-28(20)16-21)43-26-8-9-27-23(15-26)17-35-38(27)25-5-3-4-22(14-25)30(39)37-24-11-12-41-18-24/h3-9,14-17,19,24,29H,10-13,18H2,1-2H3,(H,36,40)(H,37,39)/t19-,24-,29-/m0/s1. The van der Waals surface area contributed by atoms with E-state index in [1.54, 1.807) is 54.2 Å². The zero-order valence-electron chi connectivity index (χ0n) is 24.2. The van der Waals surface area contributed by atoms with Gasteiger partial charge in [0.1, 0.15) is 11.9 Å². The van der Waals surface area contributed by atoms with Gasteiger partial charge in [0, 0.05) is 36.5 Å². The predicted octanol–water partition coefficient (Wildman–Crippen LogP) is 4.69. The van der Waals surface area contributed by atoms with Crippen LogP contribution in [0, 0.1) is 0 Å². The maximum Gasteiger partial charge on any atom is 0.321 e. The number of benzene rings is 3. The normalized spacial score (nSPS) is 17.8. The molecular weight excluding hydrogens is 574 g/mol. The minimum absolute atomic E-state index is 0.00407. The summed E-state index contributed by atoms with van der Waals surface area (Å²) in [5, 5.41) is 10.7. The minimum Gasteiger partial charge on any atom is -0.484 e. The number of halogens is 2. The smallest absolute Gasteiger partial charge is 0.321 e. The first-order chi connectivity index (χ1) is 21.2. The number of alkyl halides is 2. The van der Waals surface area contributed by atoms with Crippen molar-refractivity contribution in [1.29, 1.82) is 0 Å². The molecule has 0 saturated carbocycles. The van der Waals surface area contributed by atoms with E-state index in [1.807, 2.05) is 24.3 Å². The van der Waals surface area contributed by atoms with Crippen LogP contribution in [0.15, 0.2) is 66.9 Å². The molecule has 0 bridgehead atoms. The van der Waals surface area contributed by atoms with Gasteiger partial charge in [-0.3, -0.25) is 9.59 Å². The van der Waals surface area contributed by atoms with Crippen molar-refractivity contribution < 1.29 is 37.6 Å². The molecular formula is C32H32F2N4O6. The molecule has 4 aromatic rings. The quantitative estimate of drug-likeness (QED) is 0.266. The van der Waals surface area contributed by atoms with Crippen molar-refractivity contribution in [3.05, 3.63) is 83.6 Å². The summed E-state index contributed by atoms with van der Waals surface area (Å²) in [6.07, 6.45) is 2.28. The van der Waals surface area contributed by atoms with Crippen molar-refractivity contribution in [3.63, 3.8) is 0 Å². The molecule has 10 nitrogen and oxygen atoms in total. The van der Waals surface area contributed by atoms with E-state index in [-0.39, 0.29) is 11.9 Å². The number of hydrogen-bond acceptors (Lipinski definition) is 7. The summed E-state index contributed by atoms with van der Waals surface area (Å²) >= 11 is 0. The molecule has 0 unspecified atom stereocenters. The van der Waals surface area contributed by atoms with E-state index in [0.717, 1.165) is 22.9 Å². The third kappa shape index (κ3) is 6.36. The lowest BCUT2D eigenvalue weighted by Gasteiger charge is -2.28. The van der Waals surface area contributed by atoms with Crippen LogP contribution in [0.5, 0.6) is 11.5 Å². The van der Waals surface area contributed by atoms with Crippen molar-refractivity contribution >= 4 is 22.7 Å². The van der Waals surface area contributed by atoms with E-state index in [9.17, 15) is 18.4 Å². The number of nitrogens with one attached hydrogen (secondary N) is 2. The van der Waals surface area contributed by atoms with Crippen molar-refractivity contribution in [2.45, 2.75) is 50.8 Å². The number of hydrogen-bond donors (Lipinski definition) is 2. The highest BCUT2D eigenvalue weighted by atomic mass is 19.3. The monoisotopic (exact) mass is 606 g/mol. The first-order valence-corrected chi connectivity index (χ1v) is 14.4. The Bertz CT molecular complexity index is 1680. The van der Waals surface area contributed by atoms with Crippen LogP contribution in [0.4, 0.5) is 8.78 Å². The lowest BCUT2D eigenvalue weighted by molar-refractivity contribution is -0.215. The van der Waals surface area contributed by atoms with Crippen molar-refractivity contribution in [3.8, 4) is 17.2 Å². The van der Waals surface area contributed by atoms with Gasteiger partial charge >= 0.3 is 5.92 Å². The average molecular weight is 607 g/mol.